The standard InChI is InChI=1S/C26H22N2O4/c1-4-19-22-23(25(30)27(24(22)29)18-14-10-7-11-15-18)20(5-2)28(19)21(26(31)32-3)16-17-12-8-6-9-13-17/h1-2,6-15,19-23H,16H2,3H3/t19-,20+,21-,22-,23+/m0/s1. The third-order valence-corrected chi connectivity index (χ3v) is 6.18. The van der Waals surface area contributed by atoms with Crippen molar-refractivity contribution in [3.8, 4) is 24.7 Å². The highest BCUT2D eigenvalue weighted by atomic mass is 16.5. The average molecular weight is 426 g/mol. The third-order valence-electron chi connectivity index (χ3n) is 6.18. The second-order valence-electron chi connectivity index (χ2n) is 7.80. The second-order valence-corrected chi connectivity index (χ2v) is 7.80. The van der Waals surface area contributed by atoms with Crippen molar-refractivity contribution in [2.45, 2.75) is 24.5 Å². The number of rotatable bonds is 5. The number of likely N-dealkylation sites (tertiary alicyclic amines) is 1. The summed E-state index contributed by atoms with van der Waals surface area (Å²) in [6.45, 7) is 0. The minimum Gasteiger partial charge on any atom is -0.468 e. The van der Waals surface area contributed by atoms with Crippen molar-refractivity contribution in [2.75, 3.05) is 12.0 Å². The molecule has 4 rings (SSSR count). The molecule has 5 atom stereocenters. The van der Waals surface area contributed by atoms with Gasteiger partial charge in [0, 0.05) is 0 Å². The highest BCUT2D eigenvalue weighted by molar-refractivity contribution is 6.23. The Balaban J connectivity index is 1.75. The number of esters is 1. The third kappa shape index (κ3) is 3.36. The van der Waals surface area contributed by atoms with E-state index in [1.54, 1.807) is 35.2 Å². The van der Waals surface area contributed by atoms with Crippen LogP contribution in [0.4, 0.5) is 5.69 Å². The summed E-state index contributed by atoms with van der Waals surface area (Å²) in [7, 11) is 1.29. The van der Waals surface area contributed by atoms with Crippen LogP contribution >= 0.6 is 0 Å². The number of carbonyl (C=O) groups is 3. The van der Waals surface area contributed by atoms with E-state index in [0.717, 1.165) is 10.5 Å². The van der Waals surface area contributed by atoms with Crippen LogP contribution in [0.1, 0.15) is 5.56 Å². The predicted octanol–water partition coefficient (Wildman–Crippen LogP) is 1.90. The van der Waals surface area contributed by atoms with E-state index in [1.807, 2.05) is 30.3 Å². The van der Waals surface area contributed by atoms with Gasteiger partial charge in [-0.05, 0) is 24.1 Å². The second kappa shape index (κ2) is 8.70. The fraction of sp³-hybridized carbons (Fsp3) is 0.269. The first-order valence-electron chi connectivity index (χ1n) is 10.3. The molecule has 6 heteroatoms. The molecule has 2 aliphatic rings. The van der Waals surface area contributed by atoms with Crippen LogP contribution in [0.15, 0.2) is 60.7 Å². The van der Waals surface area contributed by atoms with E-state index in [-0.39, 0.29) is 6.42 Å². The molecule has 2 aliphatic heterocycles. The molecule has 0 spiro atoms. The predicted molar refractivity (Wildman–Crippen MR) is 119 cm³/mol. The van der Waals surface area contributed by atoms with Gasteiger partial charge >= 0.3 is 5.97 Å². The smallest absolute Gasteiger partial charge is 0.323 e. The van der Waals surface area contributed by atoms with E-state index >= 15 is 0 Å². The van der Waals surface area contributed by atoms with Crippen LogP contribution in [-0.4, -0.2) is 47.9 Å². The lowest BCUT2D eigenvalue weighted by atomic mass is 9.90. The van der Waals surface area contributed by atoms with Crippen LogP contribution in [0.2, 0.25) is 0 Å². The number of para-hydroxylation sites is 1. The van der Waals surface area contributed by atoms with Crippen LogP contribution < -0.4 is 4.90 Å². The Hall–Kier alpha value is -3.87. The first-order chi connectivity index (χ1) is 15.5. The molecule has 0 bridgehead atoms. The van der Waals surface area contributed by atoms with Crippen molar-refractivity contribution >= 4 is 23.5 Å². The van der Waals surface area contributed by atoms with Gasteiger partial charge in [0.15, 0.2) is 0 Å². The minimum absolute atomic E-state index is 0.286. The quantitative estimate of drug-likeness (QED) is 0.415. The molecule has 0 aromatic heterocycles. The number of benzene rings is 2. The first-order valence-corrected chi connectivity index (χ1v) is 10.3. The summed E-state index contributed by atoms with van der Waals surface area (Å²) >= 11 is 0. The summed E-state index contributed by atoms with van der Waals surface area (Å²) in [4.78, 5) is 42.4. The van der Waals surface area contributed by atoms with E-state index in [0.29, 0.717) is 5.69 Å². The average Bonchev–Trinajstić information content (AvgIpc) is 3.29. The van der Waals surface area contributed by atoms with Gasteiger partial charge in [0.05, 0.1) is 36.7 Å². The molecule has 32 heavy (non-hydrogen) atoms. The summed E-state index contributed by atoms with van der Waals surface area (Å²) in [6.07, 6.45) is 12.0. The van der Waals surface area contributed by atoms with Crippen LogP contribution in [-0.2, 0) is 25.5 Å². The zero-order chi connectivity index (χ0) is 22.8. The number of hydrogen-bond donors (Lipinski definition) is 0. The van der Waals surface area contributed by atoms with Crippen LogP contribution in [0.5, 0.6) is 0 Å². The number of amides is 2. The molecular weight excluding hydrogens is 404 g/mol. The highest BCUT2D eigenvalue weighted by Crippen LogP contribution is 2.45. The van der Waals surface area contributed by atoms with Crippen molar-refractivity contribution in [2.24, 2.45) is 11.8 Å². The van der Waals surface area contributed by atoms with Gasteiger partial charge in [-0.2, -0.15) is 0 Å². The Labute approximate surface area is 187 Å². The van der Waals surface area contributed by atoms with Gasteiger partial charge in [-0.25, -0.2) is 4.90 Å². The summed E-state index contributed by atoms with van der Waals surface area (Å²) in [5.41, 5.74) is 1.36. The number of ether oxygens (including phenoxy) is 1. The molecule has 2 fully saturated rings. The van der Waals surface area contributed by atoms with Gasteiger partial charge in [0.2, 0.25) is 11.8 Å². The fourth-order valence-electron chi connectivity index (χ4n) is 4.80. The largest absolute Gasteiger partial charge is 0.468 e. The van der Waals surface area contributed by atoms with Crippen molar-refractivity contribution in [3.63, 3.8) is 0 Å². The van der Waals surface area contributed by atoms with Crippen molar-refractivity contribution < 1.29 is 19.1 Å². The molecule has 160 valence electrons. The highest BCUT2D eigenvalue weighted by Gasteiger charge is 2.63. The monoisotopic (exact) mass is 426 g/mol. The maximum Gasteiger partial charge on any atom is 0.323 e. The van der Waals surface area contributed by atoms with E-state index in [9.17, 15) is 14.4 Å². The summed E-state index contributed by atoms with van der Waals surface area (Å²) in [5, 5.41) is 0. The Morgan fingerprint density at radius 1 is 0.938 bits per heavy atom. The number of terminal acetylenes is 2. The first kappa shape index (κ1) is 21.4. The number of anilines is 1. The van der Waals surface area contributed by atoms with Crippen molar-refractivity contribution in [1.82, 2.24) is 4.90 Å². The Morgan fingerprint density at radius 3 is 1.91 bits per heavy atom. The number of hydrogen-bond acceptors (Lipinski definition) is 5. The Bertz CT molecular complexity index is 1080. The molecule has 2 saturated heterocycles. The number of methoxy groups -OCH3 is 1. The van der Waals surface area contributed by atoms with Gasteiger partial charge < -0.3 is 4.74 Å². The van der Waals surface area contributed by atoms with Crippen LogP contribution in [0, 0.1) is 36.5 Å². The molecule has 2 aromatic rings. The van der Waals surface area contributed by atoms with Gasteiger partial charge in [0.25, 0.3) is 0 Å². The SMILES string of the molecule is C#C[C@@H]1[C@H]2C(=O)N(c3ccccc3)C(=O)[C@H]2[C@H](C#C)N1[C@@H](Cc1ccccc1)C(=O)OC. The van der Waals surface area contributed by atoms with E-state index in [1.165, 1.54) is 7.11 Å². The molecule has 0 radical (unpaired) electrons. The van der Waals surface area contributed by atoms with E-state index in [4.69, 9.17) is 17.6 Å². The number of carbonyl (C=O) groups excluding carboxylic acids is 3. The molecule has 2 aromatic carbocycles. The lowest BCUT2D eigenvalue weighted by Crippen LogP contribution is -2.52. The summed E-state index contributed by atoms with van der Waals surface area (Å²) in [6, 6.07) is 15.6. The van der Waals surface area contributed by atoms with Crippen molar-refractivity contribution in [1.29, 1.82) is 0 Å². The molecule has 0 saturated carbocycles. The maximum atomic E-state index is 13.4. The zero-order valence-corrected chi connectivity index (χ0v) is 17.5. The van der Waals surface area contributed by atoms with E-state index < -0.39 is 47.7 Å². The number of imide groups is 1. The fourth-order valence-corrected chi connectivity index (χ4v) is 4.80. The van der Waals surface area contributed by atoms with E-state index in [2.05, 4.69) is 11.8 Å². The topological polar surface area (TPSA) is 66.9 Å². The molecule has 0 unspecified atom stereocenters. The number of fused-ring (bicyclic) bond motifs is 1. The molecule has 6 nitrogen and oxygen atoms in total. The molecule has 0 aliphatic carbocycles. The normalized spacial score (nSPS) is 25.7. The van der Waals surface area contributed by atoms with Crippen molar-refractivity contribution in [3.05, 3.63) is 66.2 Å². The van der Waals surface area contributed by atoms with Gasteiger partial charge in [-0.3, -0.25) is 19.3 Å². The summed E-state index contributed by atoms with van der Waals surface area (Å²) in [5.74, 6) is 2.28. The molecule has 2 heterocycles. The van der Waals surface area contributed by atoms with Gasteiger partial charge in [-0.15, -0.1) is 12.8 Å². The Kier molecular flexibility index (Phi) is 5.81. The Morgan fingerprint density at radius 2 is 1.44 bits per heavy atom. The van der Waals surface area contributed by atoms with Crippen LogP contribution in [0.3, 0.4) is 0 Å². The number of nitrogens with zero attached hydrogens (tertiary/aromatic N) is 2. The van der Waals surface area contributed by atoms with Gasteiger partial charge in [-0.1, -0.05) is 60.4 Å². The summed E-state index contributed by atoms with van der Waals surface area (Å²) < 4.78 is 5.05. The molecule has 2 amide bonds. The van der Waals surface area contributed by atoms with Crippen LogP contribution in [0.25, 0.3) is 0 Å². The zero-order valence-electron chi connectivity index (χ0n) is 17.5. The lowest BCUT2D eigenvalue weighted by Gasteiger charge is -2.34. The maximum absolute atomic E-state index is 13.4. The lowest BCUT2D eigenvalue weighted by molar-refractivity contribution is -0.148. The molecule has 0 N–H and O–H groups in total. The van der Waals surface area contributed by atoms with Gasteiger partial charge in [0.1, 0.15) is 6.04 Å². The molecular formula is C26H22N2O4. The minimum atomic E-state index is -0.836.